The lowest BCUT2D eigenvalue weighted by Crippen LogP contribution is -2.01. The second kappa shape index (κ2) is 6.14. The van der Waals surface area contributed by atoms with Crippen molar-refractivity contribution in [3.8, 4) is 11.5 Å². The molecule has 0 radical (unpaired) electrons. The zero-order valence-electron chi connectivity index (χ0n) is 11.6. The fraction of sp³-hybridized carbons (Fsp3) is 0.250. The monoisotopic (exact) mass is 294 g/mol. The van der Waals surface area contributed by atoms with E-state index in [-0.39, 0.29) is 5.82 Å². The third kappa shape index (κ3) is 2.88. The standard InChI is InChI=1S/C16H16ClFO2/c1-10-4-7-14(18)13(8-10)16(17)12-6-5-11(19-2)9-15(12)20-3/h4-9,16H,1-3H3. The van der Waals surface area contributed by atoms with E-state index < -0.39 is 5.38 Å². The molecule has 0 amide bonds. The fourth-order valence-electron chi connectivity index (χ4n) is 2.05. The van der Waals surface area contributed by atoms with Gasteiger partial charge in [0.15, 0.2) is 0 Å². The molecular formula is C16H16ClFO2. The van der Waals surface area contributed by atoms with Crippen molar-refractivity contribution in [2.24, 2.45) is 0 Å². The van der Waals surface area contributed by atoms with Crippen LogP contribution in [0.15, 0.2) is 36.4 Å². The third-order valence-electron chi connectivity index (χ3n) is 3.14. The van der Waals surface area contributed by atoms with E-state index in [1.54, 1.807) is 44.6 Å². The van der Waals surface area contributed by atoms with Crippen molar-refractivity contribution >= 4 is 11.6 Å². The van der Waals surface area contributed by atoms with Gasteiger partial charge in [-0.15, -0.1) is 11.6 Å². The Morgan fingerprint density at radius 2 is 1.75 bits per heavy atom. The van der Waals surface area contributed by atoms with Crippen LogP contribution in [0.2, 0.25) is 0 Å². The highest BCUT2D eigenvalue weighted by Gasteiger charge is 2.19. The number of rotatable bonds is 4. The van der Waals surface area contributed by atoms with Gasteiger partial charge in [0.2, 0.25) is 0 Å². The van der Waals surface area contributed by atoms with E-state index in [0.29, 0.717) is 22.6 Å². The molecule has 0 aromatic heterocycles. The molecule has 0 saturated carbocycles. The number of methoxy groups -OCH3 is 2. The highest BCUT2D eigenvalue weighted by Crippen LogP contribution is 2.38. The van der Waals surface area contributed by atoms with E-state index in [9.17, 15) is 4.39 Å². The van der Waals surface area contributed by atoms with Crippen molar-refractivity contribution in [3.05, 3.63) is 58.9 Å². The van der Waals surface area contributed by atoms with E-state index >= 15 is 0 Å². The minimum absolute atomic E-state index is 0.325. The molecule has 0 heterocycles. The van der Waals surface area contributed by atoms with Crippen molar-refractivity contribution in [1.29, 1.82) is 0 Å². The Kier molecular flexibility index (Phi) is 4.50. The van der Waals surface area contributed by atoms with Crippen LogP contribution in [0.4, 0.5) is 4.39 Å². The van der Waals surface area contributed by atoms with Crippen molar-refractivity contribution in [2.45, 2.75) is 12.3 Å². The maximum Gasteiger partial charge on any atom is 0.128 e. The van der Waals surface area contributed by atoms with E-state index in [1.165, 1.54) is 6.07 Å². The van der Waals surface area contributed by atoms with Crippen LogP contribution in [0.25, 0.3) is 0 Å². The highest BCUT2D eigenvalue weighted by molar-refractivity contribution is 6.22. The largest absolute Gasteiger partial charge is 0.497 e. The molecule has 4 heteroatoms. The van der Waals surface area contributed by atoms with Gasteiger partial charge >= 0.3 is 0 Å². The van der Waals surface area contributed by atoms with Gasteiger partial charge in [0.25, 0.3) is 0 Å². The Labute approximate surface area is 123 Å². The average molecular weight is 295 g/mol. The lowest BCUT2D eigenvalue weighted by molar-refractivity contribution is 0.391. The Balaban J connectivity index is 2.47. The van der Waals surface area contributed by atoms with Gasteiger partial charge in [0.1, 0.15) is 17.3 Å². The molecule has 2 aromatic rings. The lowest BCUT2D eigenvalue weighted by atomic mass is 10.0. The van der Waals surface area contributed by atoms with Gasteiger partial charge in [-0.2, -0.15) is 0 Å². The Morgan fingerprint density at radius 1 is 1.00 bits per heavy atom. The van der Waals surface area contributed by atoms with Gasteiger partial charge < -0.3 is 9.47 Å². The summed E-state index contributed by atoms with van der Waals surface area (Å²) in [5, 5.41) is -0.615. The first-order chi connectivity index (χ1) is 9.56. The van der Waals surface area contributed by atoms with Crippen LogP contribution in [0.3, 0.4) is 0 Å². The van der Waals surface area contributed by atoms with Gasteiger partial charge in [-0.25, -0.2) is 4.39 Å². The molecule has 0 saturated heterocycles. The van der Waals surface area contributed by atoms with Crippen molar-refractivity contribution < 1.29 is 13.9 Å². The minimum Gasteiger partial charge on any atom is -0.497 e. The molecule has 106 valence electrons. The molecule has 0 aliphatic carbocycles. The number of halogens is 2. The van der Waals surface area contributed by atoms with Crippen LogP contribution in [0, 0.1) is 12.7 Å². The summed E-state index contributed by atoms with van der Waals surface area (Å²) >= 11 is 6.43. The number of aryl methyl sites for hydroxylation is 1. The summed E-state index contributed by atoms with van der Waals surface area (Å²) in [6, 6.07) is 10.2. The Bertz CT molecular complexity index is 613. The smallest absolute Gasteiger partial charge is 0.128 e. The second-order valence-corrected chi connectivity index (χ2v) is 4.93. The predicted octanol–water partition coefficient (Wildman–Crippen LogP) is 4.48. The van der Waals surface area contributed by atoms with Crippen LogP contribution in [0.1, 0.15) is 22.1 Å². The zero-order valence-corrected chi connectivity index (χ0v) is 12.4. The van der Waals surface area contributed by atoms with Crippen molar-refractivity contribution in [3.63, 3.8) is 0 Å². The first-order valence-corrected chi connectivity index (χ1v) is 6.62. The van der Waals surface area contributed by atoms with Crippen LogP contribution in [0.5, 0.6) is 11.5 Å². The molecule has 0 bridgehead atoms. The predicted molar refractivity (Wildman–Crippen MR) is 78.4 cm³/mol. The quantitative estimate of drug-likeness (QED) is 0.774. The molecule has 1 atom stereocenters. The summed E-state index contributed by atoms with van der Waals surface area (Å²) in [6.07, 6.45) is 0. The summed E-state index contributed by atoms with van der Waals surface area (Å²) < 4.78 is 24.4. The van der Waals surface area contributed by atoms with Gasteiger partial charge in [-0.05, 0) is 25.1 Å². The van der Waals surface area contributed by atoms with E-state index in [4.69, 9.17) is 21.1 Å². The Hall–Kier alpha value is -1.74. The number of hydrogen-bond acceptors (Lipinski definition) is 2. The molecule has 0 N–H and O–H groups in total. The topological polar surface area (TPSA) is 18.5 Å². The van der Waals surface area contributed by atoms with Crippen LogP contribution in [-0.4, -0.2) is 14.2 Å². The Morgan fingerprint density at radius 3 is 2.40 bits per heavy atom. The van der Waals surface area contributed by atoms with E-state index in [2.05, 4.69) is 0 Å². The summed E-state index contributed by atoms with van der Waals surface area (Å²) in [7, 11) is 3.13. The molecule has 2 aromatic carbocycles. The number of alkyl halides is 1. The summed E-state index contributed by atoms with van der Waals surface area (Å²) in [6.45, 7) is 1.90. The summed E-state index contributed by atoms with van der Waals surface area (Å²) in [5.41, 5.74) is 2.11. The first-order valence-electron chi connectivity index (χ1n) is 6.19. The molecule has 20 heavy (non-hydrogen) atoms. The molecule has 2 rings (SSSR count). The lowest BCUT2D eigenvalue weighted by Gasteiger charge is -2.16. The summed E-state index contributed by atoms with van der Waals surface area (Å²) in [4.78, 5) is 0. The average Bonchev–Trinajstić information content (AvgIpc) is 2.48. The molecule has 0 fully saturated rings. The van der Waals surface area contributed by atoms with Crippen molar-refractivity contribution in [1.82, 2.24) is 0 Å². The highest BCUT2D eigenvalue weighted by atomic mass is 35.5. The van der Waals surface area contributed by atoms with E-state index in [0.717, 1.165) is 5.56 Å². The molecule has 1 unspecified atom stereocenters. The summed E-state index contributed by atoms with van der Waals surface area (Å²) in [5.74, 6) is 0.915. The van der Waals surface area contributed by atoms with Gasteiger partial charge in [0, 0.05) is 17.2 Å². The normalized spacial score (nSPS) is 12.1. The third-order valence-corrected chi connectivity index (χ3v) is 3.61. The van der Waals surface area contributed by atoms with E-state index in [1.807, 2.05) is 6.92 Å². The minimum atomic E-state index is -0.615. The molecule has 0 aliphatic heterocycles. The maximum absolute atomic E-state index is 13.9. The molecule has 2 nitrogen and oxygen atoms in total. The number of ether oxygens (including phenoxy) is 2. The van der Waals surface area contributed by atoms with Gasteiger partial charge in [0.05, 0.1) is 19.6 Å². The zero-order chi connectivity index (χ0) is 14.7. The number of benzene rings is 2. The van der Waals surface area contributed by atoms with Crippen LogP contribution < -0.4 is 9.47 Å². The van der Waals surface area contributed by atoms with Crippen LogP contribution >= 0.6 is 11.6 Å². The molecule has 0 aliphatic rings. The maximum atomic E-state index is 13.9. The molecular weight excluding hydrogens is 279 g/mol. The van der Waals surface area contributed by atoms with Gasteiger partial charge in [-0.3, -0.25) is 0 Å². The second-order valence-electron chi connectivity index (χ2n) is 4.50. The van der Waals surface area contributed by atoms with Gasteiger partial charge in [-0.1, -0.05) is 17.7 Å². The SMILES string of the molecule is COc1ccc(C(Cl)c2cc(C)ccc2F)c(OC)c1. The van der Waals surface area contributed by atoms with Crippen molar-refractivity contribution in [2.75, 3.05) is 14.2 Å². The fourth-order valence-corrected chi connectivity index (χ4v) is 2.40. The first kappa shape index (κ1) is 14.7. The molecule has 0 spiro atoms. The number of hydrogen-bond donors (Lipinski definition) is 0. The van der Waals surface area contributed by atoms with Crippen LogP contribution in [-0.2, 0) is 0 Å².